The van der Waals surface area contributed by atoms with Crippen molar-refractivity contribution in [2.75, 3.05) is 26.7 Å². The van der Waals surface area contributed by atoms with Crippen molar-refractivity contribution in [1.82, 2.24) is 4.90 Å². The Morgan fingerprint density at radius 3 is 2.91 bits per heavy atom. The van der Waals surface area contributed by atoms with Gasteiger partial charge in [-0.15, -0.1) is 0 Å². The normalized spacial score (nSPS) is 50.5. The van der Waals surface area contributed by atoms with Crippen LogP contribution in [0.1, 0.15) is 13.3 Å². The van der Waals surface area contributed by atoms with E-state index in [0.29, 0.717) is 6.54 Å². The number of hydrogen-bond acceptors (Lipinski definition) is 3. The summed E-state index contributed by atoms with van der Waals surface area (Å²) in [5.74, 6) is 0. The molecule has 3 heteroatoms. The molecule has 2 fully saturated rings. The van der Waals surface area contributed by atoms with Crippen LogP contribution in [0.25, 0.3) is 0 Å². The van der Waals surface area contributed by atoms with Gasteiger partial charge in [-0.2, -0.15) is 0 Å². The molecule has 2 aliphatic rings. The molecule has 0 saturated carbocycles. The zero-order valence-corrected chi connectivity index (χ0v) is 7.26. The first-order chi connectivity index (χ1) is 5.12. The number of piperidine rings is 1. The lowest BCUT2D eigenvalue weighted by atomic mass is 9.87. The van der Waals surface area contributed by atoms with E-state index < -0.39 is 0 Å². The molecule has 2 heterocycles. The molecule has 0 bridgehead atoms. The number of hydrogen-bond donors (Lipinski definition) is 1. The summed E-state index contributed by atoms with van der Waals surface area (Å²) in [6.45, 7) is 4.99. The van der Waals surface area contributed by atoms with Crippen molar-refractivity contribution in [1.29, 1.82) is 0 Å². The molecule has 0 aliphatic carbocycles. The molecule has 0 aromatic carbocycles. The number of ether oxygens (including phenoxy) is 1. The maximum Gasteiger partial charge on any atom is 0.112 e. The molecule has 2 aliphatic heterocycles. The highest BCUT2D eigenvalue weighted by Gasteiger charge is 2.67. The summed E-state index contributed by atoms with van der Waals surface area (Å²) in [6, 6.07) is 0. The third-order valence-electron chi connectivity index (χ3n) is 3.14. The Hall–Kier alpha value is -0.120. The molecule has 2 unspecified atom stereocenters. The maximum atomic E-state index is 5.71. The molecule has 11 heavy (non-hydrogen) atoms. The topological polar surface area (TPSA) is 41.8 Å². The smallest absolute Gasteiger partial charge is 0.112 e. The van der Waals surface area contributed by atoms with Gasteiger partial charge in [-0.3, -0.25) is 0 Å². The van der Waals surface area contributed by atoms with Gasteiger partial charge in [0.2, 0.25) is 0 Å². The van der Waals surface area contributed by atoms with Crippen LogP contribution in [0.4, 0.5) is 0 Å². The summed E-state index contributed by atoms with van der Waals surface area (Å²) in [6.07, 6.45) is 1.09. The molecule has 0 aromatic heterocycles. The van der Waals surface area contributed by atoms with Crippen molar-refractivity contribution in [3.63, 3.8) is 0 Å². The fraction of sp³-hybridized carbons (Fsp3) is 1.00. The number of epoxide rings is 1. The number of likely N-dealkylation sites (tertiary alicyclic amines) is 1. The summed E-state index contributed by atoms with van der Waals surface area (Å²) < 4.78 is 5.71. The summed E-state index contributed by atoms with van der Waals surface area (Å²) in [5.41, 5.74) is 5.77. The SMILES string of the molecule is CN1CCC2(CN)OC2(C)C1. The average molecular weight is 156 g/mol. The number of nitrogens with zero attached hydrogens (tertiary/aromatic N) is 1. The van der Waals surface area contributed by atoms with E-state index in [2.05, 4.69) is 18.9 Å². The van der Waals surface area contributed by atoms with E-state index >= 15 is 0 Å². The van der Waals surface area contributed by atoms with Gasteiger partial charge in [-0.25, -0.2) is 0 Å². The minimum atomic E-state index is 0.0412. The molecule has 0 spiro atoms. The maximum absolute atomic E-state index is 5.71. The van der Waals surface area contributed by atoms with E-state index in [1.54, 1.807) is 0 Å². The van der Waals surface area contributed by atoms with Crippen molar-refractivity contribution in [2.45, 2.75) is 24.5 Å². The van der Waals surface area contributed by atoms with Gasteiger partial charge in [-0.1, -0.05) is 0 Å². The fourth-order valence-corrected chi connectivity index (χ4v) is 2.22. The Kier molecular flexibility index (Phi) is 1.35. The summed E-state index contributed by atoms with van der Waals surface area (Å²) in [7, 11) is 2.13. The van der Waals surface area contributed by atoms with Crippen LogP contribution >= 0.6 is 0 Å². The van der Waals surface area contributed by atoms with Crippen molar-refractivity contribution < 1.29 is 4.74 Å². The van der Waals surface area contributed by atoms with Gasteiger partial charge in [0, 0.05) is 19.6 Å². The van der Waals surface area contributed by atoms with E-state index in [1.807, 2.05) is 0 Å². The standard InChI is InChI=1S/C8H16N2O/c1-7-6-10(2)4-3-8(7,5-9)11-7/h3-6,9H2,1-2H3. The predicted octanol–water partition coefficient (Wildman–Crippen LogP) is -0.192. The van der Waals surface area contributed by atoms with E-state index in [-0.39, 0.29) is 11.2 Å². The second-order valence-corrected chi connectivity index (χ2v) is 4.02. The lowest BCUT2D eigenvalue weighted by Gasteiger charge is -2.28. The highest BCUT2D eigenvalue weighted by molar-refractivity contribution is 5.17. The first kappa shape index (κ1) is 7.53. The Morgan fingerprint density at radius 2 is 2.36 bits per heavy atom. The highest BCUT2D eigenvalue weighted by Crippen LogP contribution is 2.52. The second kappa shape index (κ2) is 1.97. The monoisotopic (exact) mass is 156 g/mol. The lowest BCUT2D eigenvalue weighted by Crippen LogP contribution is -2.46. The van der Waals surface area contributed by atoms with Gasteiger partial charge in [0.25, 0.3) is 0 Å². The van der Waals surface area contributed by atoms with Crippen LogP contribution in [0.2, 0.25) is 0 Å². The lowest BCUT2D eigenvalue weighted by molar-refractivity contribution is 0.230. The number of nitrogens with two attached hydrogens (primary N) is 1. The van der Waals surface area contributed by atoms with Gasteiger partial charge in [0.1, 0.15) is 11.2 Å². The molecule has 2 atom stereocenters. The highest BCUT2D eigenvalue weighted by atomic mass is 16.6. The summed E-state index contributed by atoms with van der Waals surface area (Å²) >= 11 is 0. The van der Waals surface area contributed by atoms with Crippen molar-refractivity contribution in [2.24, 2.45) is 5.73 Å². The molecular weight excluding hydrogens is 140 g/mol. The third-order valence-corrected chi connectivity index (χ3v) is 3.14. The Morgan fingerprint density at radius 1 is 1.64 bits per heavy atom. The van der Waals surface area contributed by atoms with Crippen LogP contribution in [-0.2, 0) is 4.74 Å². The number of fused-ring (bicyclic) bond motifs is 1. The molecule has 0 radical (unpaired) electrons. The fourth-order valence-electron chi connectivity index (χ4n) is 2.22. The van der Waals surface area contributed by atoms with E-state index in [9.17, 15) is 0 Å². The van der Waals surface area contributed by atoms with Crippen LogP contribution < -0.4 is 5.73 Å². The van der Waals surface area contributed by atoms with Crippen LogP contribution in [0, 0.1) is 0 Å². The zero-order chi connectivity index (χ0) is 8.11. The Balaban J connectivity index is 2.11. The summed E-state index contributed by atoms with van der Waals surface area (Å²) in [5, 5.41) is 0. The molecule has 2 N–H and O–H groups in total. The van der Waals surface area contributed by atoms with Gasteiger partial charge in [-0.05, 0) is 20.4 Å². The first-order valence-electron chi connectivity index (χ1n) is 4.21. The quantitative estimate of drug-likeness (QED) is 0.535. The number of rotatable bonds is 1. The van der Waals surface area contributed by atoms with Gasteiger partial charge >= 0.3 is 0 Å². The molecule has 64 valence electrons. The minimum absolute atomic E-state index is 0.0412. The van der Waals surface area contributed by atoms with Gasteiger partial charge in [0.05, 0.1) is 0 Å². The van der Waals surface area contributed by atoms with Crippen molar-refractivity contribution in [3.05, 3.63) is 0 Å². The molecular formula is C8H16N2O. The van der Waals surface area contributed by atoms with Crippen LogP contribution in [0.5, 0.6) is 0 Å². The number of likely N-dealkylation sites (N-methyl/N-ethyl adjacent to an activating group) is 1. The van der Waals surface area contributed by atoms with Crippen LogP contribution in [-0.4, -0.2) is 42.8 Å². The molecule has 0 amide bonds. The zero-order valence-electron chi connectivity index (χ0n) is 7.26. The van der Waals surface area contributed by atoms with Crippen LogP contribution in [0.15, 0.2) is 0 Å². The summed E-state index contributed by atoms with van der Waals surface area (Å²) in [4.78, 5) is 2.31. The first-order valence-corrected chi connectivity index (χ1v) is 4.21. The largest absolute Gasteiger partial charge is 0.360 e. The van der Waals surface area contributed by atoms with Gasteiger partial charge in [0.15, 0.2) is 0 Å². The van der Waals surface area contributed by atoms with Crippen LogP contribution in [0.3, 0.4) is 0 Å². The van der Waals surface area contributed by atoms with Crippen molar-refractivity contribution >= 4 is 0 Å². The molecule has 2 rings (SSSR count). The van der Waals surface area contributed by atoms with E-state index in [4.69, 9.17) is 10.5 Å². The predicted molar refractivity (Wildman–Crippen MR) is 43.4 cm³/mol. The molecule has 2 saturated heterocycles. The molecule has 3 nitrogen and oxygen atoms in total. The minimum Gasteiger partial charge on any atom is -0.360 e. The van der Waals surface area contributed by atoms with E-state index in [0.717, 1.165) is 19.5 Å². The molecule has 0 aromatic rings. The second-order valence-electron chi connectivity index (χ2n) is 4.02. The van der Waals surface area contributed by atoms with Gasteiger partial charge < -0.3 is 15.4 Å². The Bertz CT molecular complexity index is 185. The third kappa shape index (κ3) is 0.849. The average Bonchev–Trinajstić information content (AvgIpc) is 2.55. The van der Waals surface area contributed by atoms with E-state index in [1.165, 1.54) is 0 Å². The Labute approximate surface area is 67.5 Å². The van der Waals surface area contributed by atoms with Crippen molar-refractivity contribution in [3.8, 4) is 0 Å².